The zero-order chi connectivity index (χ0) is 17.7. The van der Waals surface area contributed by atoms with Crippen molar-refractivity contribution in [3.8, 4) is 0 Å². The minimum Gasteiger partial charge on any atom is -0.364 e. The van der Waals surface area contributed by atoms with E-state index in [0.29, 0.717) is 23.3 Å². The van der Waals surface area contributed by atoms with Crippen LogP contribution in [0, 0.1) is 0 Å². The normalized spacial score (nSPS) is 11.8. The molecule has 2 aromatic rings. The number of nitrogens with two attached hydrogens (primary N) is 1. The quantitative estimate of drug-likeness (QED) is 0.699. The van der Waals surface area contributed by atoms with Gasteiger partial charge in [0.25, 0.3) is 5.91 Å². The third-order valence-electron chi connectivity index (χ3n) is 3.92. The SMILES string of the molecule is CC[C@H](C)c1ccc(NC(=S)Nc2cn(CC)nc2C(N)=O)cc1. The maximum Gasteiger partial charge on any atom is 0.271 e. The van der Waals surface area contributed by atoms with Gasteiger partial charge in [-0.1, -0.05) is 26.0 Å². The second-order valence-corrected chi connectivity index (χ2v) is 6.03. The molecule has 2 rings (SSSR count). The predicted molar refractivity (Wildman–Crippen MR) is 101 cm³/mol. The minimum absolute atomic E-state index is 0.174. The number of nitrogens with zero attached hydrogens (tertiary/aromatic N) is 2. The Bertz CT molecular complexity index is 723. The molecule has 0 bridgehead atoms. The average Bonchev–Trinajstić information content (AvgIpc) is 2.97. The van der Waals surface area contributed by atoms with Crippen LogP contribution in [0.15, 0.2) is 30.5 Å². The number of hydrogen-bond donors (Lipinski definition) is 3. The van der Waals surface area contributed by atoms with Crippen molar-refractivity contribution in [2.75, 3.05) is 10.6 Å². The van der Waals surface area contributed by atoms with Gasteiger partial charge < -0.3 is 16.4 Å². The number of aryl methyl sites for hydroxylation is 1. The standard InChI is InChI=1S/C17H23N5OS/c1-4-11(3)12-6-8-13(9-7-12)19-17(24)20-14-10-22(5-2)21-15(14)16(18)23/h6-11H,4-5H2,1-3H3,(H2,18,23)(H2,19,20,24)/t11-/m0/s1. The van der Waals surface area contributed by atoms with Crippen molar-refractivity contribution in [2.45, 2.75) is 39.7 Å². The highest BCUT2D eigenvalue weighted by Gasteiger charge is 2.14. The largest absolute Gasteiger partial charge is 0.364 e. The van der Waals surface area contributed by atoms with E-state index in [1.807, 2.05) is 19.1 Å². The highest BCUT2D eigenvalue weighted by atomic mass is 32.1. The number of anilines is 2. The molecule has 24 heavy (non-hydrogen) atoms. The smallest absolute Gasteiger partial charge is 0.271 e. The maximum atomic E-state index is 11.5. The fourth-order valence-corrected chi connectivity index (χ4v) is 2.50. The first-order valence-electron chi connectivity index (χ1n) is 7.99. The first-order chi connectivity index (χ1) is 11.4. The Morgan fingerprint density at radius 1 is 1.29 bits per heavy atom. The van der Waals surface area contributed by atoms with Gasteiger partial charge in [0, 0.05) is 18.4 Å². The molecule has 4 N–H and O–H groups in total. The molecule has 1 aromatic carbocycles. The lowest BCUT2D eigenvalue weighted by atomic mass is 9.99. The molecule has 1 heterocycles. The molecule has 6 nitrogen and oxygen atoms in total. The molecule has 1 amide bonds. The van der Waals surface area contributed by atoms with Crippen LogP contribution in [0.1, 0.15) is 49.2 Å². The number of amides is 1. The van der Waals surface area contributed by atoms with Crippen LogP contribution in [0.3, 0.4) is 0 Å². The van der Waals surface area contributed by atoms with E-state index in [1.165, 1.54) is 5.56 Å². The van der Waals surface area contributed by atoms with Gasteiger partial charge in [0.05, 0.1) is 5.69 Å². The zero-order valence-corrected chi connectivity index (χ0v) is 15.0. The predicted octanol–water partition coefficient (Wildman–Crippen LogP) is 3.32. The third kappa shape index (κ3) is 4.32. The molecule has 0 saturated carbocycles. The molecular formula is C17H23N5OS. The van der Waals surface area contributed by atoms with Crippen molar-refractivity contribution in [3.05, 3.63) is 41.7 Å². The lowest BCUT2D eigenvalue weighted by Gasteiger charge is -2.12. The molecule has 7 heteroatoms. The summed E-state index contributed by atoms with van der Waals surface area (Å²) in [5.74, 6) is -0.0625. The number of aromatic nitrogens is 2. The summed E-state index contributed by atoms with van der Waals surface area (Å²) >= 11 is 5.31. The van der Waals surface area contributed by atoms with E-state index in [-0.39, 0.29) is 5.69 Å². The highest BCUT2D eigenvalue weighted by molar-refractivity contribution is 7.80. The van der Waals surface area contributed by atoms with Crippen LogP contribution in [0.4, 0.5) is 11.4 Å². The van der Waals surface area contributed by atoms with E-state index < -0.39 is 5.91 Å². The summed E-state index contributed by atoms with van der Waals surface area (Å²) in [5, 5.41) is 10.6. The average molecular weight is 345 g/mol. The number of carbonyl (C=O) groups is 1. The summed E-state index contributed by atoms with van der Waals surface area (Å²) in [6.45, 7) is 6.93. The Morgan fingerprint density at radius 3 is 2.50 bits per heavy atom. The van der Waals surface area contributed by atoms with E-state index in [4.69, 9.17) is 18.0 Å². The van der Waals surface area contributed by atoms with E-state index in [9.17, 15) is 4.79 Å². The van der Waals surface area contributed by atoms with Crippen molar-refractivity contribution >= 4 is 34.6 Å². The van der Waals surface area contributed by atoms with Gasteiger partial charge in [-0.15, -0.1) is 0 Å². The number of hydrogen-bond acceptors (Lipinski definition) is 3. The van der Waals surface area contributed by atoms with Crippen LogP contribution in [0.5, 0.6) is 0 Å². The first kappa shape index (κ1) is 17.9. The van der Waals surface area contributed by atoms with Gasteiger partial charge in [-0.3, -0.25) is 9.48 Å². The lowest BCUT2D eigenvalue weighted by molar-refractivity contribution is 0.0995. The number of rotatable bonds is 6. The van der Waals surface area contributed by atoms with Crippen molar-refractivity contribution < 1.29 is 4.79 Å². The maximum absolute atomic E-state index is 11.5. The zero-order valence-electron chi connectivity index (χ0n) is 14.2. The minimum atomic E-state index is -0.592. The monoisotopic (exact) mass is 345 g/mol. The molecule has 0 aliphatic rings. The Morgan fingerprint density at radius 2 is 1.96 bits per heavy atom. The fourth-order valence-electron chi connectivity index (χ4n) is 2.27. The van der Waals surface area contributed by atoms with Crippen LogP contribution in [0.25, 0.3) is 0 Å². The van der Waals surface area contributed by atoms with Crippen molar-refractivity contribution in [1.29, 1.82) is 0 Å². The van der Waals surface area contributed by atoms with Crippen LogP contribution < -0.4 is 16.4 Å². The number of carbonyl (C=O) groups excluding carboxylic acids is 1. The molecule has 0 aliphatic carbocycles. The van der Waals surface area contributed by atoms with E-state index in [0.717, 1.165) is 12.1 Å². The first-order valence-corrected chi connectivity index (χ1v) is 8.40. The Labute approximate surface area is 147 Å². The summed E-state index contributed by atoms with van der Waals surface area (Å²) in [4.78, 5) is 11.5. The van der Waals surface area contributed by atoms with E-state index in [1.54, 1.807) is 10.9 Å². The van der Waals surface area contributed by atoms with Gasteiger partial charge in [0.15, 0.2) is 10.8 Å². The van der Waals surface area contributed by atoms with Gasteiger partial charge in [-0.05, 0) is 49.2 Å². The van der Waals surface area contributed by atoms with Crippen LogP contribution in [0.2, 0.25) is 0 Å². The molecule has 1 atom stereocenters. The second-order valence-electron chi connectivity index (χ2n) is 5.62. The van der Waals surface area contributed by atoms with Crippen molar-refractivity contribution in [1.82, 2.24) is 9.78 Å². The summed E-state index contributed by atoms with van der Waals surface area (Å²) in [6, 6.07) is 8.14. The summed E-state index contributed by atoms with van der Waals surface area (Å²) in [6.07, 6.45) is 2.81. The van der Waals surface area contributed by atoms with E-state index in [2.05, 4.69) is 41.7 Å². The number of benzene rings is 1. The molecule has 0 spiro atoms. The van der Waals surface area contributed by atoms with Gasteiger partial charge in [-0.25, -0.2) is 0 Å². The summed E-state index contributed by atoms with van der Waals surface area (Å²) in [7, 11) is 0. The van der Waals surface area contributed by atoms with Gasteiger partial charge in [0.1, 0.15) is 0 Å². The highest BCUT2D eigenvalue weighted by Crippen LogP contribution is 2.21. The van der Waals surface area contributed by atoms with Crippen LogP contribution in [-0.2, 0) is 6.54 Å². The molecule has 0 fully saturated rings. The number of thiocarbonyl (C=S) groups is 1. The van der Waals surface area contributed by atoms with Gasteiger partial charge in [-0.2, -0.15) is 5.10 Å². The molecule has 128 valence electrons. The third-order valence-corrected chi connectivity index (χ3v) is 4.12. The summed E-state index contributed by atoms with van der Waals surface area (Å²) in [5.41, 5.74) is 8.19. The lowest BCUT2D eigenvalue weighted by Crippen LogP contribution is -2.21. The Hall–Kier alpha value is -2.41. The molecule has 1 aromatic heterocycles. The van der Waals surface area contributed by atoms with Crippen LogP contribution >= 0.6 is 12.2 Å². The molecule has 0 unspecified atom stereocenters. The Kier molecular flexibility index (Phi) is 5.92. The number of primary amides is 1. The summed E-state index contributed by atoms with van der Waals surface area (Å²) < 4.78 is 1.63. The van der Waals surface area contributed by atoms with Gasteiger partial charge >= 0.3 is 0 Å². The van der Waals surface area contributed by atoms with Crippen LogP contribution in [-0.4, -0.2) is 20.8 Å². The van der Waals surface area contributed by atoms with E-state index >= 15 is 0 Å². The Balaban J connectivity index is 2.06. The van der Waals surface area contributed by atoms with Crippen molar-refractivity contribution in [2.24, 2.45) is 5.73 Å². The molecule has 0 aliphatic heterocycles. The number of nitrogens with one attached hydrogen (secondary N) is 2. The second kappa shape index (κ2) is 7.92. The van der Waals surface area contributed by atoms with Gasteiger partial charge in [0.2, 0.25) is 0 Å². The fraction of sp³-hybridized carbons (Fsp3) is 0.353. The molecular weight excluding hydrogens is 322 g/mol. The topological polar surface area (TPSA) is 85.0 Å². The van der Waals surface area contributed by atoms with Crippen molar-refractivity contribution in [3.63, 3.8) is 0 Å². The molecule has 0 radical (unpaired) electrons. The molecule has 0 saturated heterocycles.